The molecule has 117 heavy (non-hydrogen) atoms. The minimum Gasteiger partial charge on any atom is -0.507 e. The summed E-state index contributed by atoms with van der Waals surface area (Å²) >= 11 is 19.9. The van der Waals surface area contributed by atoms with Crippen LogP contribution in [0, 0.1) is 25.0 Å². The van der Waals surface area contributed by atoms with Crippen LogP contribution in [0.2, 0.25) is 5.02 Å². The van der Waals surface area contributed by atoms with Gasteiger partial charge in [0.25, 0.3) is 0 Å². The highest BCUT2D eigenvalue weighted by Gasteiger charge is 2.34. The largest absolute Gasteiger partial charge is 0.507 e. The van der Waals surface area contributed by atoms with Gasteiger partial charge in [0.05, 0.1) is 54.2 Å². The van der Waals surface area contributed by atoms with Gasteiger partial charge in [0.1, 0.15) is 70.4 Å². The van der Waals surface area contributed by atoms with Crippen LogP contribution in [0.15, 0.2) is 170 Å². The van der Waals surface area contributed by atoms with Crippen LogP contribution < -0.4 is 21.3 Å². The van der Waals surface area contributed by atoms with Crippen LogP contribution in [0.5, 0.6) is 28.7 Å². The van der Waals surface area contributed by atoms with Crippen molar-refractivity contribution in [2.45, 2.75) is 95.8 Å². The first-order valence-corrected chi connectivity index (χ1v) is 52.0. The molecule has 6 unspecified atom stereocenters. The standard InChI is InChI=1S/2C24H20BI2NO4P2.C12H13I2NO3.C11H13BINO3P2.C9H9ClO2/c2*25-34(33)23(30)21(11-13-9-19(26)22(29)20(27)10-13)28-24(31)32-12-18-16-7-3-1-5-14(16)15-6-2-4-8-17(15)18;1-6(16)11(15-7(2)17)5-8-3-9(13)12(18)10(14)4-8;1-6(15)14-9(11(17)19(12)18)5-7-2-3-10(16)8(13)4-7;1-6(11)4-7-2-3-9(12)8(10)5-7/h2*1-10,18,21,29H,11-12,33H2,(H,28,31);3-4,11,18H,5H2,1-2H3,(H,15,17);2-4,9,16H,5,18H2,1H3,(H,14,15);2-3,5,12H,4H2,1H3/t2*21-,34?;11-;9-,19?;/m1111./s1. The number of benzene rings is 9. The number of ether oxygens (including phenoxy) is 2. The van der Waals surface area contributed by atoms with E-state index in [2.05, 4.69) is 96.6 Å². The smallest absolute Gasteiger partial charge is 0.407 e. The van der Waals surface area contributed by atoms with Gasteiger partial charge in [-0.15, -0.1) is 26.8 Å². The van der Waals surface area contributed by atoms with Gasteiger partial charge in [-0.25, -0.2) is 9.59 Å². The van der Waals surface area contributed by atoms with Crippen LogP contribution in [0.3, 0.4) is 0 Å². The van der Waals surface area contributed by atoms with Gasteiger partial charge in [-0.05, 0) is 311 Å². The van der Waals surface area contributed by atoms with Crippen LogP contribution in [0.25, 0.3) is 22.3 Å². The van der Waals surface area contributed by atoms with Gasteiger partial charge in [0.15, 0.2) is 22.4 Å². The van der Waals surface area contributed by atoms with Gasteiger partial charge >= 0.3 is 12.2 Å². The summed E-state index contributed by atoms with van der Waals surface area (Å²) in [6.45, 7) is 6.04. The number of carbonyl (C=O) groups is 9. The Labute approximate surface area is 793 Å². The quantitative estimate of drug-likeness (QED) is 0.0146. The van der Waals surface area contributed by atoms with Crippen molar-refractivity contribution in [3.8, 4) is 51.0 Å². The van der Waals surface area contributed by atoms with E-state index in [0.717, 1.165) is 79.5 Å². The molecule has 9 aromatic carbocycles. The Morgan fingerprint density at radius 2 is 0.675 bits per heavy atom. The maximum absolute atomic E-state index is 12.8. The number of hydrogen-bond donors (Lipinski definition) is 9. The Morgan fingerprint density at radius 1 is 0.393 bits per heavy atom. The molecule has 606 valence electrons. The molecule has 0 saturated heterocycles. The molecule has 20 nitrogen and oxygen atoms in total. The van der Waals surface area contributed by atoms with Crippen molar-refractivity contribution >= 4 is 294 Å². The number of alkyl carbamates (subject to hydrolysis) is 2. The number of rotatable bonds is 25. The number of phenols is 5. The van der Waals surface area contributed by atoms with Gasteiger partial charge in [0.2, 0.25) is 11.8 Å². The highest BCUT2D eigenvalue weighted by Crippen LogP contribution is 2.48. The number of ketones is 2. The average Bonchev–Trinajstić information content (AvgIpc) is 1.62. The summed E-state index contributed by atoms with van der Waals surface area (Å²) < 4.78 is 16.1. The van der Waals surface area contributed by atoms with E-state index < -0.39 is 58.8 Å². The number of amides is 4. The van der Waals surface area contributed by atoms with Crippen LogP contribution in [0.1, 0.15) is 89.6 Å². The van der Waals surface area contributed by atoms with Gasteiger partial charge < -0.3 is 56.3 Å². The number of aromatic hydroxyl groups is 5. The Balaban J connectivity index is 0.000000212. The molecule has 0 saturated carbocycles. The second kappa shape index (κ2) is 48.3. The Morgan fingerprint density at radius 3 is 0.974 bits per heavy atom. The summed E-state index contributed by atoms with van der Waals surface area (Å²) in [6, 6.07) is 50.3. The van der Waals surface area contributed by atoms with Gasteiger partial charge in [0, 0.05) is 51.4 Å². The fourth-order valence-electron chi connectivity index (χ4n) is 12.3. The summed E-state index contributed by atoms with van der Waals surface area (Å²) in [7, 11) is 20.0. The zero-order valence-electron chi connectivity index (χ0n) is 62.6. The van der Waals surface area contributed by atoms with E-state index in [1.807, 2.05) is 219 Å². The van der Waals surface area contributed by atoms with Crippen molar-refractivity contribution in [1.29, 1.82) is 0 Å². The molecule has 0 heterocycles. The lowest BCUT2D eigenvalue weighted by molar-refractivity contribution is -0.125. The highest BCUT2D eigenvalue weighted by atomic mass is 127. The molecule has 4 amide bonds. The number of fused-ring (bicyclic) bond motifs is 6. The van der Waals surface area contributed by atoms with Crippen molar-refractivity contribution in [1.82, 2.24) is 21.3 Å². The highest BCUT2D eigenvalue weighted by molar-refractivity contribution is 14.1. The van der Waals surface area contributed by atoms with Crippen LogP contribution in [-0.4, -0.2) is 138 Å². The molecule has 0 spiro atoms. The zero-order valence-corrected chi connectivity index (χ0v) is 84.6. The van der Waals surface area contributed by atoms with Crippen molar-refractivity contribution in [3.63, 3.8) is 0 Å². The first-order chi connectivity index (χ1) is 55.2. The van der Waals surface area contributed by atoms with Gasteiger partial charge in [-0.2, -0.15) is 0 Å². The number of phenolic OH excluding ortho intramolecular Hbond substituents is 5. The Bertz CT molecular complexity index is 4840. The SMILES string of the molecule is CC(=O)Cc1ccc(O)c(Cl)c1.CC(=O)N[C@H](Cc1cc(I)c(O)c(I)c1)C(C)=O.[B]P(P)C(=O)[C@@H](Cc1cc(I)c(O)c(I)c1)NC(=O)OCC1c2ccccc2-c2ccccc21.[B]P(P)C(=O)[C@@H](Cc1cc(I)c(O)c(I)c1)NC(=O)OCC1c2ccccc2-c2ccccc21.[B]P(P)C(=O)[C@@H](Cc1ccc(O)c(I)c1)NC(C)=O. The minimum absolute atomic E-state index is 0.0453. The summed E-state index contributed by atoms with van der Waals surface area (Å²) in [5.41, 5.74) is 12.6. The fourth-order valence-corrected chi connectivity index (χ4v) is 21.9. The first-order valence-electron chi connectivity index (χ1n) is 35.0. The van der Waals surface area contributed by atoms with E-state index in [1.54, 1.807) is 54.6 Å². The molecule has 0 aromatic heterocycles. The third-order valence-electron chi connectivity index (χ3n) is 17.6. The van der Waals surface area contributed by atoms with E-state index in [1.165, 1.54) is 33.8 Å². The summed E-state index contributed by atoms with van der Waals surface area (Å²) in [6.07, 6.45) is 0.329. The lowest BCUT2D eigenvalue weighted by atomic mass is 9.98. The molecule has 0 bridgehead atoms. The van der Waals surface area contributed by atoms with Crippen molar-refractivity contribution in [2.24, 2.45) is 0 Å². The number of nitrogens with one attached hydrogen (secondary N) is 4. The molecule has 37 heteroatoms. The van der Waals surface area contributed by atoms with E-state index in [4.69, 9.17) is 48.9 Å². The second-order valence-electron chi connectivity index (χ2n) is 26.4. The molecule has 10 atom stereocenters. The van der Waals surface area contributed by atoms with Crippen molar-refractivity contribution in [2.75, 3.05) is 13.2 Å². The molecule has 2 aliphatic rings. The normalized spacial score (nSPS) is 13.3. The summed E-state index contributed by atoms with van der Waals surface area (Å²) in [5.74, 6) is 0.254. The van der Waals surface area contributed by atoms with Crippen molar-refractivity contribution < 1.29 is 78.2 Å². The third-order valence-corrected chi connectivity index (χ3v) is 28.5. The molecular weight excluding hydrogens is 2410 g/mol. The van der Waals surface area contributed by atoms with Gasteiger partial charge in [-0.1, -0.05) is 143 Å². The number of Topliss-reactive ketones (excluding diaryl/α,β-unsaturated/α-hetero) is 2. The molecule has 6 radical (unpaired) electrons. The van der Waals surface area contributed by atoms with Crippen molar-refractivity contribution in [3.05, 3.63) is 250 Å². The molecule has 11 rings (SSSR count). The fraction of sp³-hybridized carbons (Fsp3) is 0.212. The van der Waals surface area contributed by atoms with Gasteiger partial charge in [-0.3, -0.25) is 33.6 Å². The monoisotopic (exact) mass is 2490 g/mol. The van der Waals surface area contributed by atoms with Crippen LogP contribution in [0.4, 0.5) is 9.59 Å². The number of carbonyl (C=O) groups excluding carboxylic acids is 9. The van der Waals surface area contributed by atoms with E-state index in [-0.39, 0.29) is 112 Å². The number of halogens is 8. The maximum Gasteiger partial charge on any atom is 0.407 e. The first kappa shape index (κ1) is 100. The predicted octanol–water partition coefficient (Wildman–Crippen LogP) is 18.2. The molecule has 9 aromatic rings. The molecule has 0 fully saturated rings. The molecule has 9 N–H and O–H groups in total. The zero-order chi connectivity index (χ0) is 86.4. The van der Waals surface area contributed by atoms with E-state index in [0.29, 0.717) is 37.1 Å². The van der Waals surface area contributed by atoms with Crippen LogP contribution in [-0.2, 0) is 75.1 Å². The lowest BCUT2D eigenvalue weighted by Crippen LogP contribution is -2.42. The summed E-state index contributed by atoms with van der Waals surface area (Å²) in [4.78, 5) is 107. The predicted molar refractivity (Wildman–Crippen MR) is 536 cm³/mol. The maximum atomic E-state index is 12.8. The Kier molecular flexibility index (Phi) is 41.3. The molecule has 2 aliphatic carbocycles. The lowest BCUT2D eigenvalue weighted by Gasteiger charge is -2.21. The van der Waals surface area contributed by atoms with E-state index >= 15 is 0 Å². The molecular formula is C80H75B3ClI7N4O16P6. The average molecular weight is 2490 g/mol. The second-order valence-corrected chi connectivity index (χ2v) is 43.7. The topological polar surface area (TPSA) is 321 Å². The Hall–Kier alpha value is -4.02. The summed E-state index contributed by atoms with van der Waals surface area (Å²) in [5, 5.41) is 59.2. The number of hydrogen-bond acceptors (Lipinski definition) is 16. The third kappa shape index (κ3) is 30.1. The molecule has 0 aliphatic heterocycles. The van der Waals surface area contributed by atoms with Crippen LogP contribution >= 0.6 is 219 Å². The van der Waals surface area contributed by atoms with E-state index in [9.17, 15) is 63.6 Å². The minimum atomic E-state index is -1.48.